The summed E-state index contributed by atoms with van der Waals surface area (Å²) in [6.45, 7) is 1.72. The number of carbonyl (C=O) groups excluding carboxylic acids is 2. The van der Waals surface area contributed by atoms with Crippen LogP contribution >= 0.6 is 0 Å². The normalized spacial score (nSPS) is 24.1. The molecule has 0 aromatic heterocycles. The van der Waals surface area contributed by atoms with Crippen LogP contribution in [0, 0.1) is 5.92 Å². The number of alkyl halides is 1. The van der Waals surface area contributed by atoms with Crippen molar-refractivity contribution in [3.8, 4) is 0 Å². The van der Waals surface area contributed by atoms with Crippen LogP contribution in [-0.2, 0) is 20.9 Å². The van der Waals surface area contributed by atoms with Gasteiger partial charge in [-0.15, -0.1) is 0 Å². The molecule has 1 aromatic carbocycles. The van der Waals surface area contributed by atoms with Gasteiger partial charge in [0.2, 0.25) is 0 Å². The molecule has 3 atom stereocenters. The highest BCUT2D eigenvalue weighted by atomic mass is 19.1. The molecule has 1 fully saturated rings. The summed E-state index contributed by atoms with van der Waals surface area (Å²) in [7, 11) is 1.23. The van der Waals surface area contributed by atoms with Crippen molar-refractivity contribution in [3.05, 3.63) is 35.9 Å². The molecule has 1 aromatic rings. The first-order chi connectivity index (χ1) is 10.6. The van der Waals surface area contributed by atoms with E-state index in [9.17, 15) is 14.0 Å². The third-order valence-corrected chi connectivity index (χ3v) is 3.93. The van der Waals surface area contributed by atoms with E-state index < -0.39 is 30.2 Å². The fourth-order valence-corrected chi connectivity index (χ4v) is 2.76. The summed E-state index contributed by atoms with van der Waals surface area (Å²) in [4.78, 5) is 25.2. The van der Waals surface area contributed by atoms with E-state index >= 15 is 0 Å². The average molecular weight is 309 g/mol. The zero-order valence-electron chi connectivity index (χ0n) is 12.7. The molecule has 22 heavy (non-hydrogen) atoms. The Balaban J connectivity index is 2.05. The zero-order chi connectivity index (χ0) is 16.1. The van der Waals surface area contributed by atoms with Gasteiger partial charge >= 0.3 is 12.1 Å². The number of halogens is 1. The lowest BCUT2D eigenvalue weighted by molar-refractivity contribution is -0.147. The molecule has 0 bridgehead atoms. The zero-order valence-corrected chi connectivity index (χ0v) is 12.7. The number of hydrogen-bond acceptors (Lipinski definition) is 4. The van der Waals surface area contributed by atoms with Crippen molar-refractivity contribution in [1.82, 2.24) is 4.90 Å². The maximum absolute atomic E-state index is 14.1. The van der Waals surface area contributed by atoms with Gasteiger partial charge in [0.15, 0.2) is 0 Å². The predicted octanol–water partition coefficient (Wildman–Crippen LogP) is 2.54. The van der Waals surface area contributed by atoms with Gasteiger partial charge < -0.3 is 9.47 Å². The summed E-state index contributed by atoms with van der Waals surface area (Å²) in [5, 5.41) is 0. The molecule has 1 aliphatic heterocycles. The highest BCUT2D eigenvalue weighted by Crippen LogP contribution is 2.31. The predicted molar refractivity (Wildman–Crippen MR) is 77.8 cm³/mol. The molecule has 1 saturated heterocycles. The molecule has 1 aliphatic rings. The number of rotatable bonds is 4. The van der Waals surface area contributed by atoms with Crippen molar-refractivity contribution in [1.29, 1.82) is 0 Å². The number of methoxy groups -OCH3 is 1. The quantitative estimate of drug-likeness (QED) is 0.802. The molecule has 0 spiro atoms. The Morgan fingerprint density at radius 1 is 1.32 bits per heavy atom. The van der Waals surface area contributed by atoms with Crippen LogP contribution in [-0.4, -0.2) is 42.8 Å². The van der Waals surface area contributed by atoms with Gasteiger partial charge in [-0.25, -0.2) is 14.0 Å². The molecule has 0 N–H and O–H groups in total. The van der Waals surface area contributed by atoms with Gasteiger partial charge in [-0.2, -0.15) is 0 Å². The van der Waals surface area contributed by atoms with Crippen LogP contribution in [0.15, 0.2) is 30.3 Å². The molecular formula is C16H20FNO4. The first-order valence-electron chi connectivity index (χ1n) is 7.27. The molecule has 5 nitrogen and oxygen atoms in total. The van der Waals surface area contributed by atoms with Gasteiger partial charge in [-0.3, -0.25) is 4.90 Å². The van der Waals surface area contributed by atoms with Crippen molar-refractivity contribution in [3.63, 3.8) is 0 Å². The third kappa shape index (κ3) is 3.37. The fourth-order valence-electron chi connectivity index (χ4n) is 2.76. The number of benzene rings is 1. The molecule has 0 saturated carbocycles. The minimum Gasteiger partial charge on any atom is -0.467 e. The van der Waals surface area contributed by atoms with Crippen molar-refractivity contribution in [2.75, 3.05) is 13.7 Å². The number of likely N-dealkylation sites (tertiary alicyclic amines) is 1. The molecule has 0 unspecified atom stereocenters. The van der Waals surface area contributed by atoms with Crippen LogP contribution in [0.3, 0.4) is 0 Å². The summed E-state index contributed by atoms with van der Waals surface area (Å²) in [6, 6.07) is 8.25. The molecule has 0 aliphatic carbocycles. The number of ether oxygens (including phenoxy) is 2. The largest absolute Gasteiger partial charge is 0.467 e. The number of nitrogens with zero attached hydrogens (tertiary/aromatic N) is 1. The van der Waals surface area contributed by atoms with E-state index in [1.165, 1.54) is 7.11 Å². The minimum atomic E-state index is -1.25. The Morgan fingerprint density at radius 2 is 2.00 bits per heavy atom. The Kier molecular flexibility index (Phi) is 5.35. The summed E-state index contributed by atoms with van der Waals surface area (Å²) in [5.74, 6) is -1.17. The summed E-state index contributed by atoms with van der Waals surface area (Å²) in [6.07, 6.45) is -1.50. The van der Waals surface area contributed by atoms with Gasteiger partial charge in [0.25, 0.3) is 0 Å². The number of esters is 1. The van der Waals surface area contributed by atoms with Crippen LogP contribution in [0.4, 0.5) is 9.18 Å². The Hall–Kier alpha value is -2.11. The Bertz CT molecular complexity index is 522. The molecule has 1 heterocycles. The van der Waals surface area contributed by atoms with Crippen molar-refractivity contribution in [2.45, 2.75) is 32.2 Å². The van der Waals surface area contributed by atoms with Crippen molar-refractivity contribution < 1.29 is 23.5 Å². The minimum absolute atomic E-state index is 0.0812. The van der Waals surface area contributed by atoms with E-state index in [1.807, 2.05) is 30.3 Å². The number of hydrogen-bond donors (Lipinski definition) is 0. The van der Waals surface area contributed by atoms with E-state index in [1.54, 1.807) is 6.92 Å². The van der Waals surface area contributed by atoms with Crippen molar-refractivity contribution >= 4 is 12.1 Å². The van der Waals surface area contributed by atoms with Gasteiger partial charge in [0.05, 0.1) is 13.7 Å². The highest BCUT2D eigenvalue weighted by molar-refractivity contribution is 5.82. The van der Waals surface area contributed by atoms with Gasteiger partial charge in [0.1, 0.15) is 18.8 Å². The number of carbonyl (C=O) groups is 2. The highest BCUT2D eigenvalue weighted by Gasteiger charge is 2.48. The summed E-state index contributed by atoms with van der Waals surface area (Å²) >= 11 is 0. The number of amides is 1. The Morgan fingerprint density at radius 3 is 2.59 bits per heavy atom. The maximum atomic E-state index is 14.1. The molecule has 6 heteroatoms. The van der Waals surface area contributed by atoms with Crippen LogP contribution in [0.25, 0.3) is 0 Å². The van der Waals surface area contributed by atoms with E-state index in [0.717, 1.165) is 10.5 Å². The Labute approximate surface area is 129 Å². The monoisotopic (exact) mass is 309 g/mol. The lowest BCUT2D eigenvalue weighted by atomic mass is 9.96. The van der Waals surface area contributed by atoms with E-state index in [4.69, 9.17) is 9.47 Å². The SMILES string of the molecule is CC[C@@H]1[C@@H](C(=O)OC)N(C(=O)OCc2ccccc2)C[C@@H]1F. The van der Waals surface area contributed by atoms with Gasteiger partial charge in [-0.1, -0.05) is 37.3 Å². The summed E-state index contributed by atoms with van der Waals surface area (Å²) in [5.41, 5.74) is 0.827. The first kappa shape index (κ1) is 16.3. The van der Waals surface area contributed by atoms with Crippen molar-refractivity contribution in [2.24, 2.45) is 5.92 Å². The van der Waals surface area contributed by atoms with Crippen LogP contribution in [0.2, 0.25) is 0 Å². The molecule has 120 valence electrons. The average Bonchev–Trinajstić information content (AvgIpc) is 2.89. The third-order valence-electron chi connectivity index (χ3n) is 3.93. The lowest BCUT2D eigenvalue weighted by Gasteiger charge is -2.24. The second kappa shape index (κ2) is 7.24. The van der Waals surface area contributed by atoms with Crippen LogP contribution in [0.5, 0.6) is 0 Å². The molecule has 0 radical (unpaired) electrons. The lowest BCUT2D eigenvalue weighted by Crippen LogP contribution is -2.44. The first-order valence-corrected chi connectivity index (χ1v) is 7.27. The molecular weight excluding hydrogens is 289 g/mol. The second-order valence-corrected chi connectivity index (χ2v) is 5.25. The van der Waals surface area contributed by atoms with E-state index in [-0.39, 0.29) is 13.2 Å². The van der Waals surface area contributed by atoms with E-state index in [0.29, 0.717) is 6.42 Å². The summed E-state index contributed by atoms with van der Waals surface area (Å²) < 4.78 is 23.9. The molecule has 1 amide bonds. The standard InChI is InChI=1S/C16H20FNO4/c1-3-12-13(17)9-18(14(12)15(19)21-2)16(20)22-10-11-7-5-4-6-8-11/h4-8,12-14H,3,9-10H2,1-2H3/t12-,13-,14-/m0/s1. The smallest absolute Gasteiger partial charge is 0.410 e. The van der Waals surface area contributed by atoms with Crippen LogP contribution < -0.4 is 0 Å². The van der Waals surface area contributed by atoms with Crippen LogP contribution in [0.1, 0.15) is 18.9 Å². The second-order valence-electron chi connectivity index (χ2n) is 5.25. The maximum Gasteiger partial charge on any atom is 0.410 e. The van der Waals surface area contributed by atoms with Gasteiger partial charge in [0, 0.05) is 5.92 Å². The molecule has 2 rings (SSSR count). The van der Waals surface area contributed by atoms with Gasteiger partial charge in [-0.05, 0) is 12.0 Å². The fraction of sp³-hybridized carbons (Fsp3) is 0.500. The van der Waals surface area contributed by atoms with E-state index in [2.05, 4.69) is 0 Å². The topological polar surface area (TPSA) is 55.8 Å².